The molecular weight excluding hydrogens is 423 g/mol. The molecule has 0 aliphatic carbocycles. The van der Waals surface area contributed by atoms with Crippen LogP contribution in [0.4, 0.5) is 10.3 Å². The Morgan fingerprint density at radius 2 is 1.72 bits per heavy atom. The zero-order valence-electron chi connectivity index (χ0n) is 17.2. The van der Waals surface area contributed by atoms with Gasteiger partial charge < -0.3 is 10.1 Å². The average Bonchev–Trinajstić information content (AvgIpc) is 3.26. The Morgan fingerprint density at radius 3 is 2.53 bits per heavy atom. The number of benzene rings is 3. The van der Waals surface area contributed by atoms with Gasteiger partial charge in [0, 0.05) is 16.7 Å². The molecule has 0 unspecified atom stereocenters. The number of nitrogens with zero attached hydrogens (tertiary/aromatic N) is 3. The van der Waals surface area contributed by atoms with E-state index in [4.69, 9.17) is 9.84 Å². The number of rotatable bonds is 3. The lowest BCUT2D eigenvalue weighted by Gasteiger charge is -2.38. The summed E-state index contributed by atoms with van der Waals surface area (Å²) < 4.78 is 23.5. The van der Waals surface area contributed by atoms with Gasteiger partial charge in [-0.25, -0.2) is 9.07 Å². The van der Waals surface area contributed by atoms with Crippen molar-refractivity contribution in [1.29, 1.82) is 0 Å². The maximum absolute atomic E-state index is 15.2. The molecule has 2 aliphatic rings. The highest BCUT2D eigenvalue weighted by Crippen LogP contribution is 2.51. The Bertz CT molecular complexity index is 1350. The molecule has 7 heteroatoms. The molecule has 4 aromatic rings. The van der Waals surface area contributed by atoms with Crippen molar-refractivity contribution >= 4 is 23.4 Å². The monoisotopic (exact) mass is 442 g/mol. The Hall–Kier alpha value is -3.58. The van der Waals surface area contributed by atoms with Crippen molar-refractivity contribution in [3.63, 3.8) is 0 Å². The molecule has 1 aromatic heterocycles. The number of halogens is 1. The lowest BCUT2D eigenvalue weighted by molar-refractivity contribution is 0.222. The Balaban J connectivity index is 1.66. The van der Waals surface area contributed by atoms with Gasteiger partial charge in [-0.2, -0.15) is 4.98 Å². The molecule has 0 bridgehead atoms. The first kappa shape index (κ1) is 19.1. The summed E-state index contributed by atoms with van der Waals surface area (Å²) in [6.07, 6.45) is 1.52. The molecule has 0 radical (unpaired) electrons. The number of fused-ring (bicyclic) bond motifs is 3. The van der Waals surface area contributed by atoms with Crippen LogP contribution in [-0.4, -0.2) is 21.0 Å². The van der Waals surface area contributed by atoms with Crippen molar-refractivity contribution in [2.75, 3.05) is 11.6 Å². The Morgan fingerprint density at radius 1 is 0.969 bits per heavy atom. The first-order valence-electron chi connectivity index (χ1n) is 10.3. The van der Waals surface area contributed by atoms with Gasteiger partial charge in [0.2, 0.25) is 11.1 Å². The highest BCUT2D eigenvalue weighted by Gasteiger charge is 2.42. The smallest absolute Gasteiger partial charge is 0.227 e. The van der Waals surface area contributed by atoms with Gasteiger partial charge in [0.15, 0.2) is 0 Å². The standard InChI is InChI=1S/C25H19FN4OS/c1-32-25-28-24-27-21-17-12-6-8-14-19(17)31-23(15-9-3-2-4-10-15)20(21)22(30(24)29-25)16-11-5-7-13-18(16)26/h2-14,22-23H,1H3,(H,27,28,29)/t22-,23+/m0/s1. The second-order valence-corrected chi connectivity index (χ2v) is 8.42. The summed E-state index contributed by atoms with van der Waals surface area (Å²) in [6, 6.07) is 24.3. The predicted molar refractivity (Wildman–Crippen MR) is 123 cm³/mol. The molecule has 3 aromatic carbocycles. The molecule has 3 heterocycles. The van der Waals surface area contributed by atoms with Crippen molar-refractivity contribution in [1.82, 2.24) is 14.8 Å². The van der Waals surface area contributed by atoms with Crippen molar-refractivity contribution in [2.24, 2.45) is 0 Å². The Kier molecular flexibility index (Phi) is 4.50. The number of thioether (sulfide) groups is 1. The number of nitrogens with one attached hydrogen (secondary N) is 1. The second kappa shape index (κ2) is 7.53. The van der Waals surface area contributed by atoms with Crippen LogP contribution in [0, 0.1) is 5.82 Å². The van der Waals surface area contributed by atoms with Gasteiger partial charge in [-0.05, 0) is 30.0 Å². The number of anilines is 1. The maximum Gasteiger partial charge on any atom is 0.227 e. The lowest BCUT2D eigenvalue weighted by atomic mass is 9.84. The van der Waals surface area contributed by atoms with Gasteiger partial charge in [-0.15, -0.1) is 5.10 Å². The molecule has 0 saturated heterocycles. The zero-order chi connectivity index (χ0) is 21.7. The van der Waals surface area contributed by atoms with Crippen molar-refractivity contribution in [2.45, 2.75) is 17.3 Å². The number of hydrogen-bond acceptors (Lipinski definition) is 5. The minimum absolute atomic E-state index is 0.288. The minimum atomic E-state index is -0.505. The summed E-state index contributed by atoms with van der Waals surface area (Å²) in [6.45, 7) is 0. The molecule has 6 rings (SSSR count). The topological polar surface area (TPSA) is 52.0 Å². The van der Waals surface area contributed by atoms with Gasteiger partial charge in [0.1, 0.15) is 23.7 Å². The predicted octanol–water partition coefficient (Wildman–Crippen LogP) is 5.70. The lowest BCUT2D eigenvalue weighted by Crippen LogP contribution is -2.32. The van der Waals surface area contributed by atoms with E-state index in [1.165, 1.54) is 17.8 Å². The minimum Gasteiger partial charge on any atom is -0.480 e. The van der Waals surface area contributed by atoms with E-state index < -0.39 is 12.1 Å². The van der Waals surface area contributed by atoms with E-state index >= 15 is 4.39 Å². The third-order valence-corrected chi connectivity index (χ3v) is 6.38. The quantitative estimate of drug-likeness (QED) is 0.413. The molecule has 0 fully saturated rings. The summed E-state index contributed by atoms with van der Waals surface area (Å²) in [5, 5.41) is 8.80. The van der Waals surface area contributed by atoms with Gasteiger partial charge in [0.25, 0.3) is 0 Å². The number of ether oxygens (including phenoxy) is 1. The number of para-hydroxylation sites is 1. The van der Waals surface area contributed by atoms with E-state index in [0.29, 0.717) is 16.7 Å². The zero-order valence-corrected chi connectivity index (χ0v) is 18.0. The molecule has 2 atom stereocenters. The van der Waals surface area contributed by atoms with Crippen LogP contribution in [0.15, 0.2) is 89.6 Å². The SMILES string of the molecule is CSc1nc2n(n1)[C@@H](c1ccccc1F)C1=C(N2)c2ccccc2O[C@@H]1c1ccccc1. The molecular formula is C25H19FN4OS. The van der Waals surface area contributed by atoms with E-state index in [9.17, 15) is 0 Å². The molecule has 1 N–H and O–H groups in total. The van der Waals surface area contributed by atoms with Crippen LogP contribution in [0.2, 0.25) is 0 Å². The fourth-order valence-corrected chi connectivity index (χ4v) is 4.79. The van der Waals surface area contributed by atoms with Crippen LogP contribution < -0.4 is 10.1 Å². The van der Waals surface area contributed by atoms with E-state index in [-0.39, 0.29) is 5.82 Å². The number of aromatic nitrogens is 3. The third kappa shape index (κ3) is 2.92. The third-order valence-electron chi connectivity index (χ3n) is 5.84. The van der Waals surface area contributed by atoms with Crippen LogP contribution >= 0.6 is 11.8 Å². The molecule has 158 valence electrons. The van der Waals surface area contributed by atoms with Gasteiger partial charge >= 0.3 is 0 Å². The van der Waals surface area contributed by atoms with E-state index in [1.54, 1.807) is 10.7 Å². The largest absolute Gasteiger partial charge is 0.480 e. The van der Waals surface area contributed by atoms with Gasteiger partial charge in [-0.3, -0.25) is 0 Å². The molecule has 2 aliphatic heterocycles. The summed E-state index contributed by atoms with van der Waals surface area (Å²) in [4.78, 5) is 4.64. The summed E-state index contributed by atoms with van der Waals surface area (Å²) >= 11 is 1.45. The van der Waals surface area contributed by atoms with Crippen molar-refractivity contribution in [3.05, 3.63) is 107 Å². The fraction of sp³-hybridized carbons (Fsp3) is 0.120. The maximum atomic E-state index is 15.2. The Labute approximate surface area is 189 Å². The first-order valence-corrected chi connectivity index (χ1v) is 11.5. The van der Waals surface area contributed by atoms with Crippen LogP contribution in [0.1, 0.15) is 28.8 Å². The van der Waals surface area contributed by atoms with E-state index in [1.807, 2.05) is 73.0 Å². The van der Waals surface area contributed by atoms with E-state index in [0.717, 1.165) is 28.1 Å². The van der Waals surface area contributed by atoms with Gasteiger partial charge in [-0.1, -0.05) is 72.4 Å². The second-order valence-electron chi connectivity index (χ2n) is 7.65. The van der Waals surface area contributed by atoms with Crippen molar-refractivity contribution < 1.29 is 9.13 Å². The molecule has 5 nitrogen and oxygen atoms in total. The first-order chi connectivity index (χ1) is 15.7. The van der Waals surface area contributed by atoms with Crippen LogP contribution in [0.25, 0.3) is 5.70 Å². The fourth-order valence-electron chi connectivity index (χ4n) is 4.44. The van der Waals surface area contributed by atoms with Crippen LogP contribution in [0.5, 0.6) is 5.75 Å². The van der Waals surface area contributed by atoms with Crippen LogP contribution in [0.3, 0.4) is 0 Å². The normalized spacial score (nSPS) is 18.8. The summed E-state index contributed by atoms with van der Waals surface area (Å²) in [5.74, 6) is 1.08. The molecule has 0 amide bonds. The molecule has 0 saturated carbocycles. The summed E-state index contributed by atoms with van der Waals surface area (Å²) in [7, 11) is 0. The molecule has 0 spiro atoms. The van der Waals surface area contributed by atoms with Crippen molar-refractivity contribution in [3.8, 4) is 5.75 Å². The van der Waals surface area contributed by atoms with E-state index in [2.05, 4.69) is 10.3 Å². The van der Waals surface area contributed by atoms with Gasteiger partial charge in [0.05, 0.1) is 5.70 Å². The van der Waals surface area contributed by atoms with Crippen LogP contribution in [-0.2, 0) is 0 Å². The highest BCUT2D eigenvalue weighted by molar-refractivity contribution is 7.98. The summed E-state index contributed by atoms with van der Waals surface area (Å²) in [5.41, 5.74) is 4.25. The molecule has 32 heavy (non-hydrogen) atoms. The average molecular weight is 443 g/mol. The number of hydrogen-bond donors (Lipinski definition) is 1. The highest BCUT2D eigenvalue weighted by atomic mass is 32.2.